The fraction of sp³-hybridized carbons (Fsp3) is 0. The number of aromatic nitrogens is 11. The lowest BCUT2D eigenvalue weighted by atomic mass is 10.0. The average molecular weight is 1340 g/mol. The first-order chi connectivity index (χ1) is 52.0. The number of fused-ring (bicyclic) bond motifs is 5. The lowest BCUT2D eigenvalue weighted by Crippen LogP contribution is -1.98. The van der Waals surface area contributed by atoms with E-state index in [4.69, 9.17) is 39.9 Å². The number of rotatable bonds is 13. The summed E-state index contributed by atoms with van der Waals surface area (Å²) in [5.74, 6) is 1.22. The summed E-state index contributed by atoms with van der Waals surface area (Å²) in [4.78, 5) is 49.5. The number of hydrogen-bond acceptors (Lipinski definition) is 10. The van der Waals surface area contributed by atoms with Crippen LogP contribution in [0.2, 0.25) is 0 Å². The monoisotopic (exact) mass is 1340 g/mol. The number of hydrogen-bond donors (Lipinski definition) is 0. The Hall–Kier alpha value is -14.4. The molecular formula is C94H61N11. The molecule has 0 spiro atoms. The van der Waals surface area contributed by atoms with Gasteiger partial charge < -0.3 is 4.57 Å². The molecule has 0 unspecified atom stereocenters. The Morgan fingerprint density at radius 3 is 0.952 bits per heavy atom. The van der Waals surface area contributed by atoms with Crippen LogP contribution in [0.3, 0.4) is 0 Å². The predicted octanol–water partition coefficient (Wildman–Crippen LogP) is 22.7. The summed E-state index contributed by atoms with van der Waals surface area (Å²) in [5.41, 5.74) is 22.9. The van der Waals surface area contributed by atoms with Crippen LogP contribution in [0.1, 0.15) is 0 Å². The van der Waals surface area contributed by atoms with Crippen molar-refractivity contribution in [1.82, 2.24) is 54.4 Å². The number of nitrogens with zero attached hydrogens (tertiary/aromatic N) is 11. The van der Waals surface area contributed by atoms with Gasteiger partial charge >= 0.3 is 0 Å². The van der Waals surface area contributed by atoms with Gasteiger partial charge in [0.25, 0.3) is 0 Å². The molecule has 19 rings (SSSR count). The molecule has 0 aliphatic heterocycles. The molecule has 105 heavy (non-hydrogen) atoms. The maximum absolute atomic E-state index is 5.18. The quantitative estimate of drug-likeness (QED) is 0.110. The molecule has 0 radical (unpaired) electrons. The van der Waals surface area contributed by atoms with Crippen LogP contribution in [0.25, 0.3) is 185 Å². The van der Waals surface area contributed by atoms with E-state index in [0.29, 0.717) is 11.6 Å². The van der Waals surface area contributed by atoms with Crippen LogP contribution in [0.5, 0.6) is 0 Å². The summed E-state index contributed by atoms with van der Waals surface area (Å²) in [5, 5.41) is 7.18. The van der Waals surface area contributed by atoms with E-state index in [1.165, 1.54) is 32.6 Å². The van der Waals surface area contributed by atoms with Crippen LogP contribution in [-0.2, 0) is 0 Å². The highest BCUT2D eigenvalue weighted by Gasteiger charge is 2.20. The second kappa shape index (κ2) is 28.0. The average Bonchev–Trinajstić information content (AvgIpc) is 1.58. The molecule has 0 amide bonds. The fourth-order valence-corrected chi connectivity index (χ4v) is 13.7. The lowest BCUT2D eigenvalue weighted by Gasteiger charge is -2.12. The van der Waals surface area contributed by atoms with Gasteiger partial charge in [-0.3, -0.25) is 19.9 Å². The van der Waals surface area contributed by atoms with E-state index < -0.39 is 0 Å². The second-order valence-corrected chi connectivity index (χ2v) is 25.6. The van der Waals surface area contributed by atoms with E-state index in [-0.39, 0.29) is 0 Å². The van der Waals surface area contributed by atoms with Crippen LogP contribution in [-0.4, -0.2) is 54.4 Å². The fourth-order valence-electron chi connectivity index (χ4n) is 13.7. The third-order valence-electron chi connectivity index (χ3n) is 18.9. The van der Waals surface area contributed by atoms with Crippen LogP contribution in [0, 0.1) is 0 Å². The first-order valence-electron chi connectivity index (χ1n) is 34.8. The van der Waals surface area contributed by atoms with E-state index in [0.717, 1.165) is 140 Å². The van der Waals surface area contributed by atoms with Gasteiger partial charge in [0.15, 0.2) is 11.6 Å². The van der Waals surface area contributed by atoms with Crippen molar-refractivity contribution in [2.75, 3.05) is 0 Å². The molecule has 10 aromatic carbocycles. The Morgan fingerprint density at radius 1 is 0.171 bits per heavy atom. The van der Waals surface area contributed by atoms with Gasteiger partial charge in [-0.1, -0.05) is 224 Å². The summed E-state index contributed by atoms with van der Waals surface area (Å²) in [6.45, 7) is 0. The molecular weight excluding hydrogens is 1280 g/mol. The Kier molecular flexibility index (Phi) is 16.7. The minimum absolute atomic E-state index is 0.607. The lowest BCUT2D eigenvalue weighted by molar-refractivity contribution is 1.16. The molecule has 0 aliphatic carbocycles. The van der Waals surface area contributed by atoms with E-state index >= 15 is 0 Å². The molecule has 11 heteroatoms. The predicted molar refractivity (Wildman–Crippen MR) is 425 cm³/mol. The molecule has 0 bridgehead atoms. The molecule has 9 aromatic heterocycles. The van der Waals surface area contributed by atoms with Gasteiger partial charge in [0, 0.05) is 74.6 Å². The van der Waals surface area contributed by atoms with Crippen molar-refractivity contribution in [2.45, 2.75) is 0 Å². The molecule has 0 saturated carbocycles. The van der Waals surface area contributed by atoms with Gasteiger partial charge in [-0.05, 0) is 165 Å². The van der Waals surface area contributed by atoms with Crippen molar-refractivity contribution >= 4 is 43.4 Å². The maximum Gasteiger partial charge on any atom is 0.160 e. The normalized spacial score (nSPS) is 11.2. The van der Waals surface area contributed by atoms with Gasteiger partial charge in [-0.25, -0.2) is 29.9 Å². The Morgan fingerprint density at radius 2 is 0.514 bits per heavy atom. The van der Waals surface area contributed by atoms with Crippen LogP contribution >= 0.6 is 0 Å². The highest BCUT2D eigenvalue weighted by molar-refractivity contribution is 6.09. The highest BCUT2D eigenvalue weighted by Crippen LogP contribution is 2.38. The van der Waals surface area contributed by atoms with Gasteiger partial charge in [0.1, 0.15) is 0 Å². The third kappa shape index (κ3) is 13.0. The Balaban J connectivity index is 0.000000150. The summed E-state index contributed by atoms with van der Waals surface area (Å²) in [7, 11) is 0. The summed E-state index contributed by atoms with van der Waals surface area (Å²) < 4.78 is 2.33. The zero-order chi connectivity index (χ0) is 69.8. The SMILES string of the molecule is c1ccc(-c2cc(-c3ccccn3)nc(-c3cc(-c4nc(-c5ccc6ccccc6c5)cc(-c5ccc6ccccc6c5)n4)ccn3)c2)cc1.c1ccc(-c2cc(-c3ccccn3)nc(-c3cc(-c4nc(-c5ccccc5)cc(-c5ccc(-n6c7ccccc7c7ccccc76)cc5)n4)ccn3)c2)cc1. The van der Waals surface area contributed by atoms with E-state index in [1.54, 1.807) is 18.6 Å². The molecule has 19 aromatic rings. The van der Waals surface area contributed by atoms with Crippen molar-refractivity contribution in [3.05, 3.63) is 371 Å². The Labute approximate surface area is 606 Å². The van der Waals surface area contributed by atoms with E-state index in [1.807, 2.05) is 121 Å². The largest absolute Gasteiger partial charge is 0.309 e. The topological polar surface area (TPSA) is 134 Å². The number of para-hydroxylation sites is 2. The zero-order valence-corrected chi connectivity index (χ0v) is 56.6. The molecule has 0 N–H and O–H groups in total. The zero-order valence-electron chi connectivity index (χ0n) is 56.6. The van der Waals surface area contributed by atoms with Crippen molar-refractivity contribution in [1.29, 1.82) is 0 Å². The second-order valence-electron chi connectivity index (χ2n) is 25.6. The summed E-state index contributed by atoms with van der Waals surface area (Å²) in [6.07, 6.45) is 7.19. The number of pyridine rings is 6. The third-order valence-corrected chi connectivity index (χ3v) is 18.9. The molecule has 0 fully saturated rings. The Bertz CT molecular complexity index is 6130. The van der Waals surface area contributed by atoms with Crippen molar-refractivity contribution < 1.29 is 0 Å². The minimum Gasteiger partial charge on any atom is -0.309 e. The highest BCUT2D eigenvalue weighted by atomic mass is 15.0. The molecule has 0 saturated heterocycles. The van der Waals surface area contributed by atoms with Crippen molar-refractivity contribution in [3.63, 3.8) is 0 Å². The molecule has 11 nitrogen and oxygen atoms in total. The van der Waals surface area contributed by atoms with Crippen LogP contribution in [0.15, 0.2) is 371 Å². The summed E-state index contributed by atoms with van der Waals surface area (Å²) in [6, 6.07) is 119. The first-order valence-corrected chi connectivity index (χ1v) is 34.8. The van der Waals surface area contributed by atoms with E-state index in [2.05, 4.69) is 245 Å². The van der Waals surface area contributed by atoms with Crippen LogP contribution in [0.4, 0.5) is 0 Å². The molecule has 492 valence electrons. The smallest absolute Gasteiger partial charge is 0.160 e. The van der Waals surface area contributed by atoms with Crippen molar-refractivity contribution in [2.24, 2.45) is 0 Å². The van der Waals surface area contributed by atoms with Gasteiger partial charge in [-0.15, -0.1) is 0 Å². The summed E-state index contributed by atoms with van der Waals surface area (Å²) >= 11 is 0. The molecule has 0 atom stereocenters. The molecule has 9 heterocycles. The number of benzene rings is 10. The van der Waals surface area contributed by atoms with Gasteiger partial charge in [-0.2, -0.15) is 0 Å². The van der Waals surface area contributed by atoms with E-state index in [9.17, 15) is 0 Å². The standard InChI is InChI=1S/C49H32N6.C45H29N5/c1-3-13-33(14-4-1)37-30-45(41-19-11-12-27-50-41)52-46(31-37)44-29-36(26-28-51-44)49-53-42(34-15-5-2-6-16-34)32-43(54-49)35-22-24-38(25-23-35)55-47-20-9-7-17-39(47)40-18-8-10-21-48(40)55;1-2-10-30(11-3-1)38-27-43(39-16-8-9-22-46-39)48-44(28-38)42-26-37(21-23-47-42)45-49-40(35-19-17-31-12-4-6-14-33(31)24-35)29-41(50-45)36-20-18-32-13-5-7-15-34(32)25-36/h1-32H;1-29H. The maximum atomic E-state index is 5.18. The van der Waals surface area contributed by atoms with Gasteiger partial charge in [0.2, 0.25) is 0 Å². The van der Waals surface area contributed by atoms with Crippen molar-refractivity contribution in [3.8, 4) is 141 Å². The van der Waals surface area contributed by atoms with Gasteiger partial charge in [0.05, 0.1) is 79.4 Å². The molecule has 0 aliphatic rings. The van der Waals surface area contributed by atoms with Crippen LogP contribution < -0.4 is 0 Å². The minimum atomic E-state index is 0.607. The first kappa shape index (κ1) is 62.8.